The van der Waals surface area contributed by atoms with Crippen LogP contribution < -0.4 is 21.5 Å². The molecule has 1 aliphatic carbocycles. The van der Waals surface area contributed by atoms with Crippen LogP contribution in [0.15, 0.2) is 36.7 Å². The van der Waals surface area contributed by atoms with E-state index >= 15 is 0 Å². The Bertz CT molecular complexity index is 1210. The van der Waals surface area contributed by atoms with Gasteiger partial charge in [-0.1, -0.05) is 24.3 Å². The lowest BCUT2D eigenvalue weighted by molar-refractivity contribution is 0.0691. The highest BCUT2D eigenvalue weighted by Crippen LogP contribution is 2.28. The molecule has 1 aromatic carbocycles. The third-order valence-corrected chi connectivity index (χ3v) is 5.33. The number of nitrogen functional groups attached to an aromatic ring is 1. The van der Waals surface area contributed by atoms with Crippen molar-refractivity contribution in [2.45, 2.75) is 38.0 Å². The second-order valence-corrected chi connectivity index (χ2v) is 7.62. The third-order valence-electron chi connectivity index (χ3n) is 5.33. The number of aromatic nitrogens is 4. The minimum absolute atomic E-state index is 0.0379. The monoisotopic (exact) mass is 446 g/mol. The van der Waals surface area contributed by atoms with Crippen LogP contribution >= 0.6 is 0 Å². The van der Waals surface area contributed by atoms with E-state index in [4.69, 9.17) is 21.5 Å². The van der Waals surface area contributed by atoms with E-state index in [1.165, 1.54) is 6.20 Å². The Morgan fingerprint density at radius 1 is 1.21 bits per heavy atom. The molecule has 0 radical (unpaired) electrons. The fourth-order valence-electron chi connectivity index (χ4n) is 3.55. The number of rotatable bonds is 7. The minimum atomic E-state index is -1.27. The van der Waals surface area contributed by atoms with Gasteiger partial charge >= 0.3 is 5.97 Å². The van der Waals surface area contributed by atoms with Crippen molar-refractivity contribution >= 4 is 17.6 Å². The molecule has 11 heteroatoms. The lowest BCUT2D eigenvalue weighted by Crippen LogP contribution is -2.34. The predicted molar refractivity (Wildman–Crippen MR) is 119 cm³/mol. The summed E-state index contributed by atoms with van der Waals surface area (Å²) >= 11 is 0. The zero-order chi connectivity index (χ0) is 23.4. The molecule has 2 atom stereocenters. The Kier molecular flexibility index (Phi) is 6.28. The summed E-state index contributed by atoms with van der Waals surface area (Å²) < 4.78 is 5.92. The summed E-state index contributed by atoms with van der Waals surface area (Å²) in [5.41, 5.74) is 13.9. The molecule has 0 spiro atoms. The molecular formula is C22H22N8O3. The van der Waals surface area contributed by atoms with Crippen LogP contribution in [0.3, 0.4) is 0 Å². The van der Waals surface area contributed by atoms with Gasteiger partial charge in [-0.15, -0.1) is 0 Å². The smallest absolute Gasteiger partial charge is 0.358 e. The number of benzene rings is 1. The molecule has 2 heterocycles. The Morgan fingerprint density at radius 2 is 2.00 bits per heavy atom. The van der Waals surface area contributed by atoms with Crippen LogP contribution in [0, 0.1) is 11.3 Å². The second-order valence-electron chi connectivity index (χ2n) is 7.62. The third kappa shape index (κ3) is 4.97. The van der Waals surface area contributed by atoms with E-state index in [-0.39, 0.29) is 41.0 Å². The zero-order valence-electron chi connectivity index (χ0n) is 17.6. The van der Waals surface area contributed by atoms with Crippen molar-refractivity contribution in [3.05, 3.63) is 53.6 Å². The summed E-state index contributed by atoms with van der Waals surface area (Å²) in [4.78, 5) is 27.9. The van der Waals surface area contributed by atoms with Gasteiger partial charge in [-0.2, -0.15) is 5.26 Å². The highest BCUT2D eigenvalue weighted by molar-refractivity contribution is 5.90. The number of nitrogens with one attached hydrogen (secondary N) is 1. The van der Waals surface area contributed by atoms with Gasteiger partial charge in [-0.25, -0.2) is 24.7 Å². The first-order valence-corrected chi connectivity index (χ1v) is 10.3. The van der Waals surface area contributed by atoms with E-state index in [0.29, 0.717) is 12.2 Å². The largest absolute Gasteiger partial charge is 0.476 e. The van der Waals surface area contributed by atoms with Gasteiger partial charge in [0.05, 0.1) is 18.1 Å². The van der Waals surface area contributed by atoms with E-state index < -0.39 is 5.97 Å². The molecule has 2 aromatic heterocycles. The highest BCUT2D eigenvalue weighted by Gasteiger charge is 2.27. The lowest BCUT2D eigenvalue weighted by atomic mass is 10.1. The Morgan fingerprint density at radius 3 is 2.67 bits per heavy atom. The SMILES string of the molecule is N#Cc1cnc(NCc2ccc(-c3cnc(N)c(O[C@H]4CCC[C@@H]4N)n3)cc2)c(C(=O)O)n1. The van der Waals surface area contributed by atoms with E-state index in [9.17, 15) is 9.90 Å². The van der Waals surface area contributed by atoms with Crippen LogP contribution in [0.2, 0.25) is 0 Å². The van der Waals surface area contributed by atoms with Crippen LogP contribution in [-0.2, 0) is 6.54 Å². The van der Waals surface area contributed by atoms with Crippen molar-refractivity contribution in [2.75, 3.05) is 11.1 Å². The number of carboxylic acids is 1. The number of carbonyl (C=O) groups is 1. The number of aromatic carboxylic acids is 1. The maximum absolute atomic E-state index is 11.4. The van der Waals surface area contributed by atoms with Crippen molar-refractivity contribution in [3.63, 3.8) is 0 Å². The number of anilines is 2. The van der Waals surface area contributed by atoms with Crippen molar-refractivity contribution in [1.82, 2.24) is 19.9 Å². The number of nitriles is 1. The van der Waals surface area contributed by atoms with Crippen LogP contribution in [-0.4, -0.2) is 43.2 Å². The first-order valence-electron chi connectivity index (χ1n) is 10.3. The molecule has 4 rings (SSSR count). The minimum Gasteiger partial charge on any atom is -0.476 e. The van der Waals surface area contributed by atoms with Crippen molar-refractivity contribution in [1.29, 1.82) is 5.26 Å². The summed E-state index contributed by atoms with van der Waals surface area (Å²) in [6.07, 6.45) is 5.46. The van der Waals surface area contributed by atoms with Gasteiger partial charge in [0.15, 0.2) is 23.0 Å². The number of nitrogens with zero attached hydrogens (tertiary/aromatic N) is 5. The van der Waals surface area contributed by atoms with Gasteiger partial charge < -0.3 is 26.6 Å². The average molecular weight is 446 g/mol. The molecule has 11 nitrogen and oxygen atoms in total. The van der Waals surface area contributed by atoms with Gasteiger partial charge in [0, 0.05) is 18.2 Å². The maximum atomic E-state index is 11.4. The summed E-state index contributed by atoms with van der Waals surface area (Å²) in [7, 11) is 0. The first kappa shape index (κ1) is 21.9. The topological polar surface area (TPSA) is 186 Å². The Hall–Kier alpha value is -4.30. The highest BCUT2D eigenvalue weighted by atomic mass is 16.5. The lowest BCUT2D eigenvalue weighted by Gasteiger charge is -2.18. The molecule has 0 aliphatic heterocycles. The molecule has 1 saturated carbocycles. The van der Waals surface area contributed by atoms with Crippen molar-refractivity contribution in [2.24, 2.45) is 5.73 Å². The van der Waals surface area contributed by atoms with Crippen LogP contribution in [0.5, 0.6) is 5.88 Å². The van der Waals surface area contributed by atoms with E-state index in [2.05, 4.69) is 25.3 Å². The van der Waals surface area contributed by atoms with E-state index in [1.807, 2.05) is 24.3 Å². The standard InChI is InChI=1S/C22H22N8O3/c23-8-14-10-28-20(18(29-14)22(31)32)27-9-12-4-6-13(7-5-12)16-11-26-19(25)21(30-16)33-17-3-1-2-15(17)24/h4-7,10-11,15,17H,1-3,9,24H2,(H2,25,26)(H,27,28)(H,31,32)/t15-,17-/m0/s1. The van der Waals surface area contributed by atoms with Crippen LogP contribution in [0.25, 0.3) is 11.3 Å². The number of ether oxygens (including phenoxy) is 1. The Labute approximate surface area is 189 Å². The molecule has 1 fully saturated rings. The molecule has 6 N–H and O–H groups in total. The number of hydrogen-bond donors (Lipinski definition) is 4. The molecule has 0 amide bonds. The maximum Gasteiger partial charge on any atom is 0.358 e. The van der Waals surface area contributed by atoms with E-state index in [1.54, 1.807) is 12.3 Å². The molecule has 33 heavy (non-hydrogen) atoms. The number of carboxylic acid groups (broad SMARTS) is 1. The fourth-order valence-corrected chi connectivity index (χ4v) is 3.55. The molecule has 0 bridgehead atoms. The quantitative estimate of drug-likeness (QED) is 0.415. The molecule has 168 valence electrons. The Balaban J connectivity index is 1.46. The van der Waals surface area contributed by atoms with Gasteiger partial charge in [0.1, 0.15) is 12.2 Å². The van der Waals surface area contributed by atoms with Gasteiger partial charge in [0.25, 0.3) is 5.88 Å². The predicted octanol–water partition coefficient (Wildman–Crippen LogP) is 1.96. The first-order chi connectivity index (χ1) is 15.9. The van der Waals surface area contributed by atoms with Gasteiger partial charge in [-0.05, 0) is 24.8 Å². The fraction of sp³-hybridized carbons (Fsp3) is 0.273. The summed E-state index contributed by atoms with van der Waals surface area (Å²) in [5.74, 6) is -0.685. The molecular weight excluding hydrogens is 424 g/mol. The molecule has 0 unspecified atom stereocenters. The summed E-state index contributed by atoms with van der Waals surface area (Å²) in [5, 5.41) is 21.1. The summed E-state index contributed by atoms with van der Waals surface area (Å²) in [6, 6.07) is 9.20. The summed E-state index contributed by atoms with van der Waals surface area (Å²) in [6.45, 7) is 0.308. The average Bonchev–Trinajstić information content (AvgIpc) is 3.23. The normalized spacial score (nSPS) is 17.3. The zero-order valence-corrected chi connectivity index (χ0v) is 17.6. The molecule has 3 aromatic rings. The van der Waals surface area contributed by atoms with Crippen molar-refractivity contribution < 1.29 is 14.6 Å². The number of hydrogen-bond acceptors (Lipinski definition) is 10. The molecule has 1 aliphatic rings. The van der Waals surface area contributed by atoms with Gasteiger partial charge in [-0.3, -0.25) is 0 Å². The van der Waals surface area contributed by atoms with Crippen molar-refractivity contribution in [3.8, 4) is 23.2 Å². The van der Waals surface area contributed by atoms with Gasteiger partial charge in [0.2, 0.25) is 0 Å². The van der Waals surface area contributed by atoms with E-state index in [0.717, 1.165) is 30.4 Å². The second kappa shape index (κ2) is 9.46. The number of nitrogens with two attached hydrogens (primary N) is 2. The molecule has 0 saturated heterocycles. The van der Waals surface area contributed by atoms with Crippen LogP contribution in [0.4, 0.5) is 11.6 Å². The van der Waals surface area contributed by atoms with Crippen LogP contribution in [0.1, 0.15) is 41.0 Å².